The maximum Gasteiger partial charge on any atom is 0.412 e. The quantitative estimate of drug-likeness (QED) is 0.227. The number of alkyl halides is 2. The van der Waals surface area contributed by atoms with Gasteiger partial charge >= 0.3 is 6.09 Å². The molecule has 4 rings (SSSR count). The summed E-state index contributed by atoms with van der Waals surface area (Å²) < 4.78 is 33.3. The van der Waals surface area contributed by atoms with Crippen molar-refractivity contribution in [2.75, 3.05) is 16.0 Å². The highest BCUT2D eigenvalue weighted by atomic mass is 35.5. The molecule has 7 nitrogen and oxygen atoms in total. The van der Waals surface area contributed by atoms with Gasteiger partial charge in [0.2, 0.25) is 5.91 Å². The third-order valence-corrected chi connectivity index (χ3v) is 7.73. The maximum absolute atomic E-state index is 15.1. The van der Waals surface area contributed by atoms with E-state index in [-0.39, 0.29) is 16.3 Å². The third kappa shape index (κ3) is 7.21. The van der Waals surface area contributed by atoms with Gasteiger partial charge in [-0.15, -0.1) is 23.2 Å². The fraction of sp³-hybridized carbons (Fsp3) is 0.250. The Morgan fingerprint density at radius 3 is 2.14 bits per heavy atom. The lowest BCUT2D eigenvalue weighted by Gasteiger charge is -2.20. The van der Waals surface area contributed by atoms with Crippen LogP contribution < -0.4 is 16.0 Å². The molecule has 0 heterocycles. The van der Waals surface area contributed by atoms with Crippen LogP contribution in [0.15, 0.2) is 48.5 Å². The van der Waals surface area contributed by atoms with Crippen molar-refractivity contribution in [2.24, 2.45) is 5.92 Å². The lowest BCUT2D eigenvalue weighted by atomic mass is 10.1. The first-order chi connectivity index (χ1) is 19.5. The zero-order chi connectivity index (χ0) is 31.1. The van der Waals surface area contributed by atoms with Gasteiger partial charge in [0.1, 0.15) is 21.4 Å². The van der Waals surface area contributed by atoms with Crippen LogP contribution in [-0.2, 0) is 9.53 Å². The number of halogens is 7. The normalized spacial score (nSPS) is 17.3. The smallest absolute Gasteiger partial charge is 0.412 e. The summed E-state index contributed by atoms with van der Waals surface area (Å²) in [6.07, 6.45) is -0.981. The van der Waals surface area contributed by atoms with E-state index in [1.165, 1.54) is 24.3 Å². The number of nitrogens with one attached hydrogen (secondary N) is 3. The molecule has 14 heteroatoms. The van der Waals surface area contributed by atoms with Crippen LogP contribution in [-0.4, -0.2) is 27.8 Å². The van der Waals surface area contributed by atoms with Crippen molar-refractivity contribution in [3.05, 3.63) is 86.4 Å². The van der Waals surface area contributed by atoms with Gasteiger partial charge in [-0.25, -0.2) is 13.6 Å². The SMILES string of the molecule is CC(C)(C)OC(=O)Nc1ccc(F)c(NC(=O)c2cc(NC(=O)[C@H]3[C@H](c4cc(Cl)cc(Cl)c4)C3(Cl)Cl)ccc2Cl)c1F. The second kappa shape index (κ2) is 12.1. The first kappa shape index (κ1) is 32.1. The molecule has 1 saturated carbocycles. The van der Waals surface area contributed by atoms with E-state index in [2.05, 4.69) is 16.0 Å². The number of hydrogen-bond acceptors (Lipinski definition) is 4. The van der Waals surface area contributed by atoms with Crippen molar-refractivity contribution in [3.8, 4) is 0 Å². The molecule has 1 aliphatic rings. The molecule has 3 aromatic carbocycles. The Labute approximate surface area is 264 Å². The van der Waals surface area contributed by atoms with Crippen molar-refractivity contribution >= 4 is 93.0 Å². The first-order valence-corrected chi connectivity index (χ1v) is 14.1. The lowest BCUT2D eigenvalue weighted by Crippen LogP contribution is -2.27. The Morgan fingerprint density at radius 2 is 1.52 bits per heavy atom. The van der Waals surface area contributed by atoms with E-state index in [0.717, 1.165) is 12.1 Å². The van der Waals surface area contributed by atoms with E-state index in [1.807, 2.05) is 0 Å². The lowest BCUT2D eigenvalue weighted by molar-refractivity contribution is -0.117. The molecule has 0 radical (unpaired) electrons. The number of hydrogen-bond donors (Lipinski definition) is 3. The van der Waals surface area contributed by atoms with E-state index < -0.39 is 62.7 Å². The molecule has 1 fully saturated rings. The summed E-state index contributed by atoms with van der Waals surface area (Å²) in [4.78, 5) is 38.2. The van der Waals surface area contributed by atoms with Crippen LogP contribution in [0.3, 0.4) is 0 Å². The number of carbonyl (C=O) groups is 3. The van der Waals surface area contributed by atoms with Gasteiger partial charge in [0.25, 0.3) is 5.91 Å². The predicted molar refractivity (Wildman–Crippen MR) is 161 cm³/mol. The third-order valence-electron chi connectivity index (χ3n) is 6.02. The van der Waals surface area contributed by atoms with Crippen molar-refractivity contribution in [1.82, 2.24) is 0 Å². The predicted octanol–water partition coefficient (Wildman–Crippen LogP) is 9.05. The second-order valence-electron chi connectivity index (χ2n) is 10.4. The Morgan fingerprint density at radius 1 is 0.881 bits per heavy atom. The first-order valence-electron chi connectivity index (χ1n) is 12.2. The minimum atomic E-state index is -1.45. The number of benzene rings is 3. The number of ether oxygens (including phenoxy) is 1. The molecule has 3 aromatic rings. The monoisotopic (exact) mass is 677 g/mol. The summed E-state index contributed by atoms with van der Waals surface area (Å²) in [5, 5.41) is 7.54. The van der Waals surface area contributed by atoms with Crippen molar-refractivity contribution in [2.45, 2.75) is 36.6 Å². The van der Waals surface area contributed by atoms with Gasteiger partial charge in [0.05, 0.1) is 22.2 Å². The van der Waals surface area contributed by atoms with E-state index in [4.69, 9.17) is 62.7 Å². The van der Waals surface area contributed by atoms with Crippen LogP contribution in [0, 0.1) is 17.6 Å². The molecule has 222 valence electrons. The number of carbonyl (C=O) groups excluding carboxylic acids is 3. The molecule has 0 bridgehead atoms. The summed E-state index contributed by atoms with van der Waals surface area (Å²) in [6.45, 7) is 4.83. The number of amides is 3. The Balaban J connectivity index is 1.51. The number of anilines is 3. The number of rotatable bonds is 6. The molecular formula is C28H22Cl5F2N3O4. The molecule has 3 amide bonds. The highest BCUT2D eigenvalue weighted by molar-refractivity contribution is 6.53. The van der Waals surface area contributed by atoms with Crippen LogP contribution in [0.2, 0.25) is 15.1 Å². The van der Waals surface area contributed by atoms with Crippen LogP contribution in [0.4, 0.5) is 30.6 Å². The summed E-state index contributed by atoms with van der Waals surface area (Å²) in [6, 6.07) is 10.5. The van der Waals surface area contributed by atoms with Crippen molar-refractivity contribution < 1.29 is 27.9 Å². The van der Waals surface area contributed by atoms with Gasteiger partial charge in [-0.1, -0.05) is 34.8 Å². The fourth-order valence-electron chi connectivity index (χ4n) is 4.18. The van der Waals surface area contributed by atoms with Crippen molar-refractivity contribution in [1.29, 1.82) is 0 Å². The van der Waals surface area contributed by atoms with Crippen molar-refractivity contribution in [3.63, 3.8) is 0 Å². The van der Waals surface area contributed by atoms with Crippen LogP contribution in [0.5, 0.6) is 0 Å². The Hall–Kier alpha value is -2.82. The molecule has 42 heavy (non-hydrogen) atoms. The molecule has 0 spiro atoms. The minimum absolute atomic E-state index is 0.0729. The molecule has 2 atom stereocenters. The molecular weight excluding hydrogens is 658 g/mol. The largest absolute Gasteiger partial charge is 0.444 e. The van der Waals surface area contributed by atoms with E-state index in [1.54, 1.807) is 32.9 Å². The van der Waals surface area contributed by atoms with Gasteiger partial charge in [0, 0.05) is 21.7 Å². The van der Waals surface area contributed by atoms with Gasteiger partial charge in [-0.2, -0.15) is 0 Å². The second-order valence-corrected chi connectivity index (χ2v) is 13.1. The maximum atomic E-state index is 15.1. The standard InChI is InChI=1S/C28H22Cl5F2N3O4/c1-27(2,3)42-26(41)37-19-7-6-18(34)23(22(19)35)38-24(39)16-11-15(4-5-17(16)31)36-25(40)21-20(28(21,32)33)12-8-13(29)10-14(30)9-12/h4-11,20-21H,1-3H3,(H,36,40)(H,37,41)(H,38,39)/t20-,21+/m0/s1. The van der Waals surface area contributed by atoms with Crippen LogP contribution >= 0.6 is 58.0 Å². The minimum Gasteiger partial charge on any atom is -0.444 e. The van der Waals surface area contributed by atoms with Crippen LogP contribution in [0.1, 0.15) is 42.6 Å². The Kier molecular flexibility index (Phi) is 9.21. The molecule has 0 saturated heterocycles. The molecule has 0 aliphatic heterocycles. The average Bonchev–Trinajstić information content (AvgIpc) is 3.45. The zero-order valence-corrected chi connectivity index (χ0v) is 25.8. The topological polar surface area (TPSA) is 96.5 Å². The van der Waals surface area contributed by atoms with E-state index >= 15 is 4.39 Å². The Bertz CT molecular complexity index is 1580. The molecule has 3 N–H and O–H groups in total. The average molecular weight is 680 g/mol. The summed E-state index contributed by atoms with van der Waals surface area (Å²) in [5.41, 5.74) is -1.65. The molecule has 0 unspecified atom stereocenters. The van der Waals surface area contributed by atoms with E-state index in [9.17, 15) is 18.8 Å². The van der Waals surface area contributed by atoms with Crippen LogP contribution in [0.25, 0.3) is 0 Å². The summed E-state index contributed by atoms with van der Waals surface area (Å²) in [5.74, 6) is -5.42. The van der Waals surface area contributed by atoms with Gasteiger partial charge in [0.15, 0.2) is 5.82 Å². The highest BCUT2D eigenvalue weighted by Crippen LogP contribution is 2.65. The summed E-state index contributed by atoms with van der Waals surface area (Å²) in [7, 11) is 0. The van der Waals surface area contributed by atoms with E-state index in [0.29, 0.717) is 15.6 Å². The highest BCUT2D eigenvalue weighted by Gasteiger charge is 2.67. The van der Waals surface area contributed by atoms with Gasteiger partial charge in [-0.3, -0.25) is 14.9 Å². The van der Waals surface area contributed by atoms with Gasteiger partial charge in [-0.05, 0) is 74.9 Å². The molecule has 1 aliphatic carbocycles. The zero-order valence-electron chi connectivity index (χ0n) is 22.1. The summed E-state index contributed by atoms with van der Waals surface area (Å²) >= 11 is 31.1. The fourth-order valence-corrected chi connectivity index (χ4v) is 5.75. The molecule has 0 aromatic heterocycles. The van der Waals surface area contributed by atoms with Gasteiger partial charge < -0.3 is 15.4 Å².